The molecule has 0 radical (unpaired) electrons. The summed E-state index contributed by atoms with van der Waals surface area (Å²) in [4.78, 5) is 14.3. The number of ether oxygens (including phenoxy) is 7. The van der Waals surface area contributed by atoms with Gasteiger partial charge in [-0.25, -0.2) is 4.79 Å². The predicted octanol–water partition coefficient (Wildman–Crippen LogP) is 3.19. The molecule has 0 saturated heterocycles. The van der Waals surface area contributed by atoms with E-state index in [4.69, 9.17) is 33.2 Å². The maximum absolute atomic E-state index is 12.2. The van der Waals surface area contributed by atoms with Crippen LogP contribution in [0, 0.1) is 0 Å². The minimum Gasteiger partial charge on any atom is -0.449 e. The first-order valence-electron chi connectivity index (χ1n) is 14.4. The van der Waals surface area contributed by atoms with Crippen LogP contribution in [0.5, 0.6) is 0 Å². The lowest BCUT2D eigenvalue weighted by molar-refractivity contribution is -0.0169. The third-order valence-corrected chi connectivity index (χ3v) is 6.40. The van der Waals surface area contributed by atoms with E-state index in [0.717, 1.165) is 6.54 Å². The third-order valence-electron chi connectivity index (χ3n) is 6.40. The summed E-state index contributed by atoms with van der Waals surface area (Å²) in [5.74, 6) is 0.0477. The van der Waals surface area contributed by atoms with Gasteiger partial charge >= 0.3 is 6.09 Å². The summed E-state index contributed by atoms with van der Waals surface area (Å²) >= 11 is 0. The van der Waals surface area contributed by atoms with Gasteiger partial charge in [-0.05, 0) is 36.3 Å². The van der Waals surface area contributed by atoms with Crippen molar-refractivity contribution in [3.8, 4) is 11.1 Å². The maximum atomic E-state index is 12.2. The highest BCUT2D eigenvalue weighted by atomic mass is 16.6. The highest BCUT2D eigenvalue weighted by Crippen LogP contribution is 2.44. The Balaban J connectivity index is 1.06. The van der Waals surface area contributed by atoms with Crippen LogP contribution in [-0.2, 0) is 33.2 Å². The van der Waals surface area contributed by atoms with E-state index in [1.165, 1.54) is 22.3 Å². The molecule has 0 bridgehead atoms. The molecule has 0 unspecified atom stereocenters. The van der Waals surface area contributed by atoms with Gasteiger partial charge in [0.25, 0.3) is 0 Å². The van der Waals surface area contributed by atoms with Gasteiger partial charge in [-0.15, -0.1) is 0 Å². The van der Waals surface area contributed by atoms with E-state index in [1.54, 1.807) is 0 Å². The number of benzene rings is 2. The van der Waals surface area contributed by atoms with Crippen LogP contribution in [0.25, 0.3) is 11.1 Å². The van der Waals surface area contributed by atoms with Crippen LogP contribution in [0.2, 0.25) is 0 Å². The Morgan fingerprint density at radius 1 is 0.634 bits per heavy atom. The Labute approximate surface area is 244 Å². The second-order valence-corrected chi connectivity index (χ2v) is 9.73. The predicted molar refractivity (Wildman–Crippen MR) is 157 cm³/mol. The molecule has 0 saturated carbocycles. The second kappa shape index (κ2) is 20.3. The van der Waals surface area contributed by atoms with E-state index >= 15 is 0 Å². The molecular formula is C31H46N2O8. The van der Waals surface area contributed by atoms with Crippen LogP contribution in [0.15, 0.2) is 48.5 Å². The average molecular weight is 575 g/mol. The van der Waals surface area contributed by atoms with Gasteiger partial charge in [0.05, 0.1) is 79.3 Å². The van der Waals surface area contributed by atoms with Gasteiger partial charge in [0.1, 0.15) is 6.61 Å². The Morgan fingerprint density at radius 2 is 1.05 bits per heavy atom. The molecule has 0 atom stereocenters. The molecule has 1 N–H and O–H groups in total. The largest absolute Gasteiger partial charge is 0.449 e. The Hall–Kier alpha value is -2.57. The van der Waals surface area contributed by atoms with Crippen LogP contribution in [-0.4, -0.2) is 124 Å². The van der Waals surface area contributed by atoms with Crippen molar-refractivity contribution in [3.05, 3.63) is 59.7 Å². The summed E-state index contributed by atoms with van der Waals surface area (Å²) in [5, 5.41) is 2.74. The van der Waals surface area contributed by atoms with Crippen molar-refractivity contribution in [2.75, 3.05) is 113 Å². The summed E-state index contributed by atoms with van der Waals surface area (Å²) < 4.78 is 38.4. The first-order chi connectivity index (χ1) is 20.2. The van der Waals surface area contributed by atoms with Crippen molar-refractivity contribution in [2.45, 2.75) is 5.92 Å². The van der Waals surface area contributed by atoms with Gasteiger partial charge in [-0.3, -0.25) is 0 Å². The molecule has 2 aromatic carbocycles. The van der Waals surface area contributed by atoms with E-state index in [-0.39, 0.29) is 5.92 Å². The molecule has 3 rings (SSSR count). The van der Waals surface area contributed by atoms with Crippen LogP contribution in [0.1, 0.15) is 17.0 Å². The summed E-state index contributed by atoms with van der Waals surface area (Å²) in [5.41, 5.74) is 4.80. The molecule has 0 spiro atoms. The SMILES string of the molecule is CN(C)CCOCCOCCOCCOCCOCCOCCNC(=O)OCC1c2ccccc2-c2ccccc21. The number of nitrogens with zero attached hydrogens (tertiary/aromatic N) is 1. The fraction of sp³-hybridized carbons (Fsp3) is 0.581. The Kier molecular flexibility index (Phi) is 16.3. The first-order valence-corrected chi connectivity index (χ1v) is 14.4. The molecule has 10 heteroatoms. The number of amides is 1. The van der Waals surface area contributed by atoms with Crippen molar-refractivity contribution in [3.63, 3.8) is 0 Å². The topological polar surface area (TPSA) is 97.0 Å². The number of carbonyl (C=O) groups excluding carboxylic acids is 1. The van der Waals surface area contributed by atoms with Gasteiger partial charge in [-0.2, -0.15) is 0 Å². The molecule has 10 nitrogen and oxygen atoms in total. The molecule has 1 amide bonds. The van der Waals surface area contributed by atoms with Crippen LogP contribution < -0.4 is 5.32 Å². The van der Waals surface area contributed by atoms with Crippen LogP contribution in [0.3, 0.4) is 0 Å². The maximum Gasteiger partial charge on any atom is 0.407 e. The fourth-order valence-electron chi connectivity index (χ4n) is 4.32. The Morgan fingerprint density at radius 3 is 1.51 bits per heavy atom. The monoisotopic (exact) mass is 574 g/mol. The van der Waals surface area contributed by atoms with E-state index in [1.807, 2.05) is 38.4 Å². The molecule has 0 aliphatic heterocycles. The van der Waals surface area contributed by atoms with Crippen LogP contribution in [0.4, 0.5) is 4.79 Å². The first kappa shape index (κ1) is 32.9. The van der Waals surface area contributed by atoms with E-state index in [2.05, 4.69) is 34.5 Å². The number of alkyl carbamates (subject to hydrolysis) is 1. The standard InChI is InChI=1S/C31H46N2O8/c1-33(2)12-14-36-16-18-38-20-22-40-24-23-39-21-19-37-17-15-35-13-11-32-31(34)41-25-30-28-9-5-3-7-26(28)27-8-4-6-10-29(27)30/h3-10,30H,11-25H2,1-2H3,(H,32,34). The zero-order valence-corrected chi connectivity index (χ0v) is 24.5. The van der Waals surface area contributed by atoms with Crippen molar-refractivity contribution in [1.82, 2.24) is 10.2 Å². The zero-order chi connectivity index (χ0) is 29.0. The van der Waals surface area contributed by atoms with E-state index in [0.29, 0.717) is 92.4 Å². The van der Waals surface area contributed by atoms with Crippen molar-refractivity contribution in [1.29, 1.82) is 0 Å². The van der Waals surface area contributed by atoms with Gasteiger partial charge in [0, 0.05) is 19.0 Å². The summed E-state index contributed by atoms with van der Waals surface area (Å²) in [6, 6.07) is 16.5. The van der Waals surface area contributed by atoms with Crippen molar-refractivity contribution in [2.24, 2.45) is 0 Å². The molecule has 228 valence electrons. The third kappa shape index (κ3) is 12.9. The number of hydrogen-bond donors (Lipinski definition) is 1. The molecule has 0 heterocycles. The summed E-state index contributed by atoms with van der Waals surface area (Å²) in [7, 11) is 4.04. The lowest BCUT2D eigenvalue weighted by atomic mass is 9.98. The molecule has 41 heavy (non-hydrogen) atoms. The number of likely N-dealkylation sites (N-methyl/N-ethyl adjacent to an activating group) is 1. The minimum absolute atomic E-state index is 0.0477. The molecule has 0 aromatic heterocycles. The zero-order valence-electron chi connectivity index (χ0n) is 24.5. The Bertz CT molecular complexity index is 945. The summed E-state index contributed by atoms with van der Waals surface area (Å²) in [6.07, 6.45) is -0.443. The summed E-state index contributed by atoms with van der Waals surface area (Å²) in [6.45, 7) is 7.82. The molecule has 2 aromatic rings. The number of rotatable bonds is 23. The number of fused-ring (bicyclic) bond motifs is 3. The van der Waals surface area contributed by atoms with Gasteiger partial charge in [0.2, 0.25) is 0 Å². The molecule has 0 fully saturated rings. The highest BCUT2D eigenvalue weighted by Gasteiger charge is 2.28. The molecule has 1 aliphatic carbocycles. The van der Waals surface area contributed by atoms with E-state index < -0.39 is 6.09 Å². The van der Waals surface area contributed by atoms with Gasteiger partial charge in [-0.1, -0.05) is 48.5 Å². The fourth-order valence-corrected chi connectivity index (χ4v) is 4.32. The lowest BCUT2D eigenvalue weighted by Gasteiger charge is -2.14. The van der Waals surface area contributed by atoms with Gasteiger partial charge in [0.15, 0.2) is 0 Å². The van der Waals surface area contributed by atoms with Crippen molar-refractivity contribution < 1.29 is 38.0 Å². The highest BCUT2D eigenvalue weighted by molar-refractivity contribution is 5.79. The van der Waals surface area contributed by atoms with E-state index in [9.17, 15) is 4.79 Å². The number of carbonyl (C=O) groups is 1. The molecule has 1 aliphatic rings. The van der Waals surface area contributed by atoms with Gasteiger partial charge < -0.3 is 43.4 Å². The quantitative estimate of drug-likeness (QED) is 0.201. The van der Waals surface area contributed by atoms with Crippen LogP contribution >= 0.6 is 0 Å². The number of hydrogen-bond acceptors (Lipinski definition) is 9. The average Bonchev–Trinajstić information content (AvgIpc) is 3.30. The smallest absolute Gasteiger partial charge is 0.407 e. The normalized spacial score (nSPS) is 12.5. The second-order valence-electron chi connectivity index (χ2n) is 9.73. The minimum atomic E-state index is -0.443. The molecular weight excluding hydrogens is 528 g/mol. The van der Waals surface area contributed by atoms with Crippen molar-refractivity contribution >= 4 is 6.09 Å². The number of nitrogens with one attached hydrogen (secondary N) is 1. The lowest BCUT2D eigenvalue weighted by Crippen LogP contribution is -2.29.